The van der Waals surface area contributed by atoms with Gasteiger partial charge in [0.2, 0.25) is 10.0 Å². The number of anilines is 1. The van der Waals surface area contributed by atoms with Crippen molar-refractivity contribution in [3.05, 3.63) is 24.3 Å². The Balaban J connectivity index is 1.59. The van der Waals surface area contributed by atoms with E-state index in [-0.39, 0.29) is 17.0 Å². The number of rotatable bonds is 5. The molecule has 1 aromatic carbocycles. The smallest absolute Gasteiger partial charge is 0.321 e. The molecule has 0 spiro atoms. The lowest BCUT2D eigenvalue weighted by Crippen LogP contribution is -2.42. The van der Waals surface area contributed by atoms with E-state index in [1.807, 2.05) is 0 Å². The Labute approximate surface area is 152 Å². The first-order chi connectivity index (χ1) is 12.3. The molecule has 3 rings (SSSR count). The number of hydrogen-bond donors (Lipinski definition) is 2. The fourth-order valence-corrected chi connectivity index (χ4v) is 4.46. The maximum Gasteiger partial charge on any atom is 0.321 e. The maximum atomic E-state index is 12.5. The van der Waals surface area contributed by atoms with Gasteiger partial charge in [0.05, 0.1) is 10.8 Å². The summed E-state index contributed by atoms with van der Waals surface area (Å²) < 4.78 is 26.3. The molecular formula is C17H23N3O5S. The molecule has 2 N–H and O–H groups in total. The molecule has 0 unspecified atom stereocenters. The highest BCUT2D eigenvalue weighted by Gasteiger charge is 2.35. The van der Waals surface area contributed by atoms with Crippen LogP contribution in [0.5, 0.6) is 0 Å². The molecule has 0 bridgehead atoms. The molecule has 1 aliphatic carbocycles. The number of carbonyl (C=O) groups excluding carboxylic acids is 1. The van der Waals surface area contributed by atoms with Crippen LogP contribution in [0.1, 0.15) is 25.7 Å². The second-order valence-electron chi connectivity index (χ2n) is 6.81. The van der Waals surface area contributed by atoms with E-state index < -0.39 is 21.9 Å². The van der Waals surface area contributed by atoms with Crippen molar-refractivity contribution >= 4 is 27.7 Å². The van der Waals surface area contributed by atoms with E-state index in [4.69, 9.17) is 5.11 Å². The number of sulfonamides is 1. The summed E-state index contributed by atoms with van der Waals surface area (Å²) in [5, 5.41) is 11.7. The highest BCUT2D eigenvalue weighted by atomic mass is 32.2. The minimum absolute atomic E-state index is 0.0908. The summed E-state index contributed by atoms with van der Waals surface area (Å²) in [5.74, 6) is -1.22. The van der Waals surface area contributed by atoms with Gasteiger partial charge in [-0.2, -0.15) is 4.31 Å². The molecule has 1 heterocycles. The van der Waals surface area contributed by atoms with Gasteiger partial charge >= 0.3 is 12.0 Å². The minimum atomic E-state index is -3.50. The third kappa shape index (κ3) is 3.99. The number of carboxylic acid groups (broad SMARTS) is 1. The van der Waals surface area contributed by atoms with Crippen LogP contribution in [-0.4, -0.2) is 60.9 Å². The lowest BCUT2D eigenvalue weighted by atomic mass is 9.97. The summed E-state index contributed by atoms with van der Waals surface area (Å²) in [6, 6.07) is 5.89. The minimum Gasteiger partial charge on any atom is -0.481 e. The van der Waals surface area contributed by atoms with Crippen molar-refractivity contribution in [3.8, 4) is 0 Å². The summed E-state index contributed by atoms with van der Waals surface area (Å²) in [7, 11) is -1.91. The summed E-state index contributed by atoms with van der Waals surface area (Å²) >= 11 is 0. The normalized spacial score (nSPS) is 18.8. The van der Waals surface area contributed by atoms with Gasteiger partial charge in [-0.05, 0) is 49.9 Å². The Bertz CT molecular complexity index is 781. The predicted octanol–water partition coefficient (Wildman–Crippen LogP) is 1.80. The van der Waals surface area contributed by atoms with Crippen LogP contribution in [-0.2, 0) is 14.8 Å². The molecule has 142 valence electrons. The largest absolute Gasteiger partial charge is 0.481 e. The summed E-state index contributed by atoms with van der Waals surface area (Å²) in [5.41, 5.74) is 0.503. The molecule has 0 aromatic heterocycles. The van der Waals surface area contributed by atoms with Gasteiger partial charge in [0, 0.05) is 31.9 Å². The molecule has 1 aliphatic heterocycles. The van der Waals surface area contributed by atoms with Crippen LogP contribution in [0.15, 0.2) is 29.2 Å². The fraction of sp³-hybridized carbons (Fsp3) is 0.529. The van der Waals surface area contributed by atoms with Crippen LogP contribution in [0.25, 0.3) is 0 Å². The Morgan fingerprint density at radius 3 is 2.19 bits per heavy atom. The number of nitrogens with one attached hydrogen (secondary N) is 1. The lowest BCUT2D eigenvalue weighted by Gasteiger charge is -2.30. The summed E-state index contributed by atoms with van der Waals surface area (Å²) in [4.78, 5) is 25.0. The average Bonchev–Trinajstić information content (AvgIpc) is 3.46. The number of carboxylic acids is 1. The molecule has 26 heavy (non-hydrogen) atoms. The number of piperidine rings is 1. The summed E-state index contributed by atoms with van der Waals surface area (Å²) in [6.07, 6.45) is 2.66. The number of benzene rings is 1. The molecule has 2 amide bonds. The second kappa shape index (κ2) is 7.24. The average molecular weight is 381 g/mol. The fourth-order valence-electron chi connectivity index (χ4n) is 3.04. The zero-order valence-corrected chi connectivity index (χ0v) is 15.4. The lowest BCUT2D eigenvalue weighted by molar-refractivity contribution is -0.143. The van der Waals surface area contributed by atoms with Crippen molar-refractivity contribution in [2.45, 2.75) is 36.6 Å². The van der Waals surface area contributed by atoms with Crippen LogP contribution < -0.4 is 5.32 Å². The molecule has 1 aromatic rings. The first kappa shape index (κ1) is 18.7. The SMILES string of the molecule is CN(C1CC1)S(=O)(=O)c1ccc(NC(=O)N2CCC(C(=O)O)CC2)cc1. The zero-order chi connectivity index (χ0) is 18.9. The van der Waals surface area contributed by atoms with E-state index in [2.05, 4.69) is 5.32 Å². The van der Waals surface area contributed by atoms with Crippen LogP contribution in [0.4, 0.5) is 10.5 Å². The molecular weight excluding hydrogens is 358 g/mol. The summed E-state index contributed by atoms with van der Waals surface area (Å²) in [6.45, 7) is 0.781. The Kier molecular flexibility index (Phi) is 5.19. The van der Waals surface area contributed by atoms with E-state index in [0.29, 0.717) is 31.6 Å². The number of hydrogen-bond acceptors (Lipinski definition) is 4. The molecule has 1 saturated heterocycles. The molecule has 8 nitrogen and oxygen atoms in total. The third-order valence-corrected chi connectivity index (χ3v) is 6.90. The number of likely N-dealkylation sites (tertiary alicyclic amines) is 1. The van der Waals surface area contributed by atoms with Crippen LogP contribution in [0.3, 0.4) is 0 Å². The van der Waals surface area contributed by atoms with Crippen LogP contribution >= 0.6 is 0 Å². The van der Waals surface area contributed by atoms with E-state index >= 15 is 0 Å². The van der Waals surface area contributed by atoms with E-state index in [0.717, 1.165) is 12.8 Å². The topological polar surface area (TPSA) is 107 Å². The maximum absolute atomic E-state index is 12.5. The van der Waals surface area contributed by atoms with Gasteiger partial charge in [-0.25, -0.2) is 13.2 Å². The van der Waals surface area contributed by atoms with E-state index in [1.165, 1.54) is 16.4 Å². The predicted molar refractivity (Wildman–Crippen MR) is 95.4 cm³/mol. The molecule has 0 atom stereocenters. The monoisotopic (exact) mass is 381 g/mol. The number of carbonyl (C=O) groups is 2. The van der Waals surface area contributed by atoms with Crippen molar-refractivity contribution in [3.63, 3.8) is 0 Å². The van der Waals surface area contributed by atoms with E-state index in [9.17, 15) is 18.0 Å². The highest BCUT2D eigenvalue weighted by Crippen LogP contribution is 2.30. The molecule has 2 fully saturated rings. The molecule has 1 saturated carbocycles. The van der Waals surface area contributed by atoms with Crippen molar-refractivity contribution < 1.29 is 23.1 Å². The third-order valence-electron chi connectivity index (χ3n) is 4.98. The first-order valence-corrected chi connectivity index (χ1v) is 10.1. The standard InChI is InChI=1S/C17H23N3O5S/c1-19(14-4-5-14)26(24,25)15-6-2-13(3-7-15)18-17(23)20-10-8-12(9-11-20)16(21)22/h2-3,6-7,12,14H,4-5,8-11H2,1H3,(H,18,23)(H,21,22). The quantitative estimate of drug-likeness (QED) is 0.809. The molecule has 0 radical (unpaired) electrons. The second-order valence-corrected chi connectivity index (χ2v) is 8.80. The Morgan fingerprint density at radius 2 is 1.69 bits per heavy atom. The van der Waals surface area contributed by atoms with E-state index in [1.54, 1.807) is 24.1 Å². The Morgan fingerprint density at radius 1 is 1.12 bits per heavy atom. The van der Waals surface area contributed by atoms with Gasteiger partial charge in [0.1, 0.15) is 0 Å². The number of urea groups is 1. The highest BCUT2D eigenvalue weighted by molar-refractivity contribution is 7.89. The van der Waals surface area contributed by atoms with Crippen molar-refractivity contribution in [1.82, 2.24) is 9.21 Å². The van der Waals surface area contributed by atoms with Crippen LogP contribution in [0.2, 0.25) is 0 Å². The zero-order valence-electron chi connectivity index (χ0n) is 14.6. The number of nitrogens with zero attached hydrogens (tertiary/aromatic N) is 2. The van der Waals surface area contributed by atoms with Gasteiger partial charge in [-0.1, -0.05) is 0 Å². The molecule has 2 aliphatic rings. The molecule has 9 heteroatoms. The van der Waals surface area contributed by atoms with Crippen LogP contribution in [0, 0.1) is 5.92 Å². The Hall–Kier alpha value is -2.13. The van der Waals surface area contributed by atoms with Gasteiger partial charge < -0.3 is 15.3 Å². The first-order valence-electron chi connectivity index (χ1n) is 8.66. The van der Waals surface area contributed by atoms with Gasteiger partial charge in [-0.15, -0.1) is 0 Å². The number of aliphatic carboxylic acids is 1. The van der Waals surface area contributed by atoms with Crippen molar-refractivity contribution in [1.29, 1.82) is 0 Å². The van der Waals surface area contributed by atoms with Crippen molar-refractivity contribution in [2.75, 3.05) is 25.5 Å². The van der Waals surface area contributed by atoms with Gasteiger partial charge in [0.25, 0.3) is 0 Å². The number of amides is 2. The van der Waals surface area contributed by atoms with Gasteiger partial charge in [-0.3, -0.25) is 4.79 Å². The van der Waals surface area contributed by atoms with Gasteiger partial charge in [0.15, 0.2) is 0 Å². The van der Waals surface area contributed by atoms with Crippen molar-refractivity contribution in [2.24, 2.45) is 5.92 Å².